The standard InChI is InChI=1S/C22H20F4N2O3/c1-4-30-20-19(31-21(29)27-11-14-6-5-12(2)17(23)9-14)13(3)16-8-7-15(22(24,25)26)10-18(16)28-20/h5-10H,4,11H2,1-3H3,(H,27,29). The minimum absolute atomic E-state index is 0.00157. The minimum atomic E-state index is -4.51. The quantitative estimate of drug-likeness (QED) is 0.522. The number of pyridine rings is 1. The average molecular weight is 436 g/mol. The summed E-state index contributed by atoms with van der Waals surface area (Å²) in [6, 6.07) is 7.70. The first-order chi connectivity index (χ1) is 14.6. The van der Waals surface area contributed by atoms with Crippen molar-refractivity contribution in [1.82, 2.24) is 10.3 Å². The highest BCUT2D eigenvalue weighted by molar-refractivity contribution is 5.87. The first kappa shape index (κ1) is 22.3. The Morgan fingerprint density at radius 2 is 1.87 bits per heavy atom. The molecular weight excluding hydrogens is 416 g/mol. The van der Waals surface area contributed by atoms with Gasteiger partial charge in [-0.1, -0.05) is 18.2 Å². The van der Waals surface area contributed by atoms with Crippen molar-refractivity contribution in [3.8, 4) is 11.6 Å². The van der Waals surface area contributed by atoms with Crippen LogP contribution in [0.2, 0.25) is 0 Å². The van der Waals surface area contributed by atoms with Crippen molar-refractivity contribution < 1.29 is 31.8 Å². The molecule has 0 aliphatic heterocycles. The molecule has 0 saturated carbocycles. The molecule has 1 N–H and O–H groups in total. The maximum atomic E-state index is 13.7. The molecule has 1 amide bonds. The summed E-state index contributed by atoms with van der Waals surface area (Å²) in [4.78, 5) is 16.4. The van der Waals surface area contributed by atoms with Crippen LogP contribution in [0.3, 0.4) is 0 Å². The third-order valence-corrected chi connectivity index (χ3v) is 4.63. The summed E-state index contributed by atoms with van der Waals surface area (Å²) in [6.45, 7) is 5.08. The third kappa shape index (κ3) is 5.04. The van der Waals surface area contributed by atoms with Crippen LogP contribution in [-0.4, -0.2) is 17.7 Å². The van der Waals surface area contributed by atoms with E-state index in [2.05, 4.69) is 10.3 Å². The number of nitrogens with zero attached hydrogens (tertiary/aromatic N) is 1. The fraction of sp³-hybridized carbons (Fsp3) is 0.273. The monoisotopic (exact) mass is 436 g/mol. The smallest absolute Gasteiger partial charge is 0.416 e. The second-order valence-corrected chi connectivity index (χ2v) is 6.86. The van der Waals surface area contributed by atoms with Crippen molar-refractivity contribution in [1.29, 1.82) is 0 Å². The molecule has 5 nitrogen and oxygen atoms in total. The molecule has 2 aromatic carbocycles. The summed E-state index contributed by atoms with van der Waals surface area (Å²) in [5, 5.41) is 2.90. The summed E-state index contributed by atoms with van der Waals surface area (Å²) in [5.74, 6) is -0.482. The van der Waals surface area contributed by atoms with Gasteiger partial charge in [0, 0.05) is 17.5 Å². The second kappa shape index (κ2) is 8.79. The van der Waals surface area contributed by atoms with Gasteiger partial charge in [-0.15, -0.1) is 0 Å². The first-order valence-electron chi connectivity index (χ1n) is 9.45. The van der Waals surface area contributed by atoms with E-state index in [0.29, 0.717) is 22.1 Å². The Bertz CT molecular complexity index is 1130. The van der Waals surface area contributed by atoms with Crippen LogP contribution < -0.4 is 14.8 Å². The van der Waals surface area contributed by atoms with E-state index >= 15 is 0 Å². The first-order valence-corrected chi connectivity index (χ1v) is 9.45. The van der Waals surface area contributed by atoms with E-state index in [1.807, 2.05) is 0 Å². The van der Waals surface area contributed by atoms with Crippen molar-refractivity contribution >= 4 is 17.0 Å². The van der Waals surface area contributed by atoms with Gasteiger partial charge in [0.15, 0.2) is 5.75 Å². The van der Waals surface area contributed by atoms with Gasteiger partial charge in [-0.25, -0.2) is 14.2 Å². The highest BCUT2D eigenvalue weighted by atomic mass is 19.4. The largest absolute Gasteiger partial charge is 0.475 e. The number of carbonyl (C=O) groups is 1. The lowest BCUT2D eigenvalue weighted by Crippen LogP contribution is -2.27. The lowest BCUT2D eigenvalue weighted by molar-refractivity contribution is -0.137. The molecule has 0 aliphatic carbocycles. The summed E-state index contributed by atoms with van der Waals surface area (Å²) in [6.07, 6.45) is -5.35. The Hall–Kier alpha value is -3.36. The predicted molar refractivity (Wildman–Crippen MR) is 107 cm³/mol. The molecule has 0 unspecified atom stereocenters. The Labute approximate surface area is 176 Å². The number of fused-ring (bicyclic) bond motifs is 1. The fourth-order valence-corrected chi connectivity index (χ4v) is 2.96. The molecule has 31 heavy (non-hydrogen) atoms. The van der Waals surface area contributed by atoms with Crippen molar-refractivity contribution in [3.63, 3.8) is 0 Å². The number of carbonyl (C=O) groups excluding carboxylic acids is 1. The van der Waals surface area contributed by atoms with Crippen LogP contribution in [0.1, 0.15) is 29.2 Å². The number of alkyl halides is 3. The van der Waals surface area contributed by atoms with Crippen LogP contribution in [0.4, 0.5) is 22.4 Å². The molecule has 164 valence electrons. The highest BCUT2D eigenvalue weighted by Gasteiger charge is 2.31. The van der Waals surface area contributed by atoms with Crippen LogP contribution >= 0.6 is 0 Å². The number of rotatable bonds is 5. The number of aryl methyl sites for hydroxylation is 2. The van der Waals surface area contributed by atoms with Gasteiger partial charge in [0.2, 0.25) is 0 Å². The van der Waals surface area contributed by atoms with Crippen LogP contribution in [0.5, 0.6) is 11.6 Å². The van der Waals surface area contributed by atoms with Gasteiger partial charge in [0.05, 0.1) is 17.7 Å². The number of nitrogens with one attached hydrogen (secondary N) is 1. The maximum absolute atomic E-state index is 13.7. The molecule has 3 rings (SSSR count). The zero-order valence-corrected chi connectivity index (χ0v) is 17.1. The summed E-state index contributed by atoms with van der Waals surface area (Å²) >= 11 is 0. The van der Waals surface area contributed by atoms with E-state index in [1.54, 1.807) is 32.9 Å². The van der Waals surface area contributed by atoms with Gasteiger partial charge in [-0.3, -0.25) is 0 Å². The molecule has 1 aromatic heterocycles. The summed E-state index contributed by atoms with van der Waals surface area (Å²) in [5.41, 5.74) is 0.654. The molecule has 1 heterocycles. The molecular formula is C22H20F4N2O3. The van der Waals surface area contributed by atoms with Crippen LogP contribution in [0.25, 0.3) is 10.9 Å². The van der Waals surface area contributed by atoms with E-state index in [-0.39, 0.29) is 36.1 Å². The summed E-state index contributed by atoms with van der Waals surface area (Å²) < 4.78 is 63.5. The predicted octanol–water partition coefficient (Wildman–Crippen LogP) is 5.70. The van der Waals surface area contributed by atoms with Gasteiger partial charge >= 0.3 is 12.3 Å². The number of amides is 1. The Balaban J connectivity index is 1.87. The number of halogens is 4. The molecule has 0 atom stereocenters. The van der Waals surface area contributed by atoms with Gasteiger partial charge < -0.3 is 14.8 Å². The molecule has 9 heteroatoms. The van der Waals surface area contributed by atoms with E-state index in [4.69, 9.17) is 9.47 Å². The van der Waals surface area contributed by atoms with Crippen LogP contribution in [-0.2, 0) is 12.7 Å². The van der Waals surface area contributed by atoms with Crippen LogP contribution in [0.15, 0.2) is 36.4 Å². The number of hydrogen-bond donors (Lipinski definition) is 1. The lowest BCUT2D eigenvalue weighted by atomic mass is 10.1. The normalized spacial score (nSPS) is 11.5. The topological polar surface area (TPSA) is 60.5 Å². The third-order valence-electron chi connectivity index (χ3n) is 4.63. The number of benzene rings is 2. The molecule has 0 saturated heterocycles. The number of hydrogen-bond acceptors (Lipinski definition) is 4. The molecule has 3 aromatic rings. The SMILES string of the molecule is CCOc1nc2cc(C(F)(F)F)ccc2c(C)c1OC(=O)NCc1ccc(C)c(F)c1. The Kier molecular flexibility index (Phi) is 6.33. The molecule has 0 aliphatic rings. The molecule has 0 bridgehead atoms. The van der Waals surface area contributed by atoms with Crippen molar-refractivity contribution in [2.45, 2.75) is 33.5 Å². The number of aromatic nitrogens is 1. The molecule has 0 radical (unpaired) electrons. The van der Waals surface area contributed by atoms with E-state index in [1.165, 1.54) is 12.1 Å². The van der Waals surface area contributed by atoms with E-state index in [9.17, 15) is 22.4 Å². The van der Waals surface area contributed by atoms with Gasteiger partial charge in [-0.05, 0) is 50.1 Å². The van der Waals surface area contributed by atoms with Crippen molar-refractivity contribution in [3.05, 3.63) is 64.5 Å². The van der Waals surface area contributed by atoms with E-state index in [0.717, 1.165) is 12.1 Å². The highest BCUT2D eigenvalue weighted by Crippen LogP contribution is 2.37. The lowest BCUT2D eigenvalue weighted by Gasteiger charge is -2.16. The van der Waals surface area contributed by atoms with Crippen molar-refractivity contribution in [2.24, 2.45) is 0 Å². The zero-order valence-electron chi connectivity index (χ0n) is 17.1. The van der Waals surface area contributed by atoms with Crippen molar-refractivity contribution in [2.75, 3.05) is 6.61 Å². The second-order valence-electron chi connectivity index (χ2n) is 6.86. The van der Waals surface area contributed by atoms with Crippen LogP contribution in [0, 0.1) is 19.7 Å². The number of ether oxygens (including phenoxy) is 2. The van der Waals surface area contributed by atoms with Gasteiger partial charge in [0.1, 0.15) is 5.82 Å². The van der Waals surface area contributed by atoms with Gasteiger partial charge in [-0.2, -0.15) is 13.2 Å². The Morgan fingerprint density at radius 1 is 1.13 bits per heavy atom. The average Bonchev–Trinajstić information content (AvgIpc) is 2.71. The zero-order chi connectivity index (χ0) is 22.8. The van der Waals surface area contributed by atoms with Gasteiger partial charge in [0.25, 0.3) is 5.88 Å². The maximum Gasteiger partial charge on any atom is 0.416 e. The minimum Gasteiger partial charge on any atom is -0.475 e. The molecule has 0 fully saturated rings. The fourth-order valence-electron chi connectivity index (χ4n) is 2.96. The summed E-state index contributed by atoms with van der Waals surface area (Å²) in [7, 11) is 0. The van der Waals surface area contributed by atoms with E-state index < -0.39 is 17.8 Å². The molecule has 0 spiro atoms. The Morgan fingerprint density at radius 3 is 2.52 bits per heavy atom.